The van der Waals surface area contributed by atoms with Gasteiger partial charge in [-0.1, -0.05) is 37.3 Å². The van der Waals surface area contributed by atoms with Gasteiger partial charge in [-0.15, -0.1) is 0 Å². The minimum atomic E-state index is -0.752. The zero-order valence-electron chi connectivity index (χ0n) is 12.4. The fraction of sp³-hybridized carbons (Fsp3) is 0.529. The van der Waals surface area contributed by atoms with E-state index in [1.165, 1.54) is 0 Å². The van der Waals surface area contributed by atoms with Gasteiger partial charge in [-0.3, -0.25) is 9.59 Å². The van der Waals surface area contributed by atoms with Gasteiger partial charge in [0.2, 0.25) is 0 Å². The molecule has 1 N–H and O–H groups in total. The summed E-state index contributed by atoms with van der Waals surface area (Å²) in [7, 11) is 0. The van der Waals surface area contributed by atoms with Crippen LogP contribution in [0.3, 0.4) is 0 Å². The van der Waals surface area contributed by atoms with Crippen LogP contribution in [0, 0.1) is 11.3 Å². The van der Waals surface area contributed by atoms with Crippen LogP contribution in [0.1, 0.15) is 44.6 Å². The summed E-state index contributed by atoms with van der Waals surface area (Å²) in [5.41, 5.74) is 0.470. The number of ether oxygens (including phenoxy) is 1. The van der Waals surface area contributed by atoms with Crippen molar-refractivity contribution >= 4 is 11.9 Å². The van der Waals surface area contributed by atoms with Gasteiger partial charge in [0.05, 0.1) is 11.3 Å². The average molecular weight is 290 g/mol. The van der Waals surface area contributed by atoms with Crippen molar-refractivity contribution in [2.24, 2.45) is 11.3 Å². The van der Waals surface area contributed by atoms with Gasteiger partial charge in [0, 0.05) is 0 Å². The first-order valence-electron chi connectivity index (χ1n) is 7.51. The fourth-order valence-electron chi connectivity index (χ4n) is 3.00. The van der Waals surface area contributed by atoms with Crippen molar-refractivity contribution in [1.29, 1.82) is 0 Å². The van der Waals surface area contributed by atoms with Gasteiger partial charge in [-0.05, 0) is 37.7 Å². The maximum absolute atomic E-state index is 12.4. The molecule has 1 saturated carbocycles. The Bertz CT molecular complexity index is 487. The number of rotatable bonds is 5. The molecule has 4 nitrogen and oxygen atoms in total. The molecule has 0 atom stereocenters. The molecule has 0 unspecified atom stereocenters. The van der Waals surface area contributed by atoms with Gasteiger partial charge in [-0.25, -0.2) is 0 Å². The molecule has 0 amide bonds. The first-order valence-corrected chi connectivity index (χ1v) is 7.51. The topological polar surface area (TPSA) is 63.6 Å². The van der Waals surface area contributed by atoms with Gasteiger partial charge in [-0.2, -0.15) is 0 Å². The van der Waals surface area contributed by atoms with E-state index in [2.05, 4.69) is 0 Å². The SMILES string of the molecule is CCC1(C(=O)OCc2ccccc2)CCC(C(=O)O)CC1. The molecule has 1 aromatic rings. The number of hydrogen-bond acceptors (Lipinski definition) is 3. The largest absolute Gasteiger partial charge is 0.481 e. The van der Waals surface area contributed by atoms with E-state index in [9.17, 15) is 9.59 Å². The van der Waals surface area contributed by atoms with E-state index in [1.54, 1.807) is 0 Å². The zero-order valence-corrected chi connectivity index (χ0v) is 12.4. The second-order valence-corrected chi connectivity index (χ2v) is 5.81. The van der Waals surface area contributed by atoms with Gasteiger partial charge in [0.15, 0.2) is 0 Å². The van der Waals surface area contributed by atoms with E-state index in [-0.39, 0.29) is 18.5 Å². The quantitative estimate of drug-likeness (QED) is 0.844. The molecule has 0 bridgehead atoms. The van der Waals surface area contributed by atoms with Gasteiger partial charge in [0.25, 0.3) is 0 Å². The summed E-state index contributed by atoms with van der Waals surface area (Å²) in [6.45, 7) is 2.26. The molecule has 0 aromatic heterocycles. The number of esters is 1. The highest BCUT2D eigenvalue weighted by atomic mass is 16.5. The Kier molecular flexibility index (Phi) is 4.99. The molecule has 1 fully saturated rings. The Hall–Kier alpha value is -1.84. The van der Waals surface area contributed by atoms with Gasteiger partial charge >= 0.3 is 11.9 Å². The molecule has 0 saturated heterocycles. The summed E-state index contributed by atoms with van der Waals surface area (Å²) in [6.07, 6.45) is 3.03. The second kappa shape index (κ2) is 6.74. The van der Waals surface area contributed by atoms with E-state index in [0.717, 1.165) is 5.56 Å². The van der Waals surface area contributed by atoms with Crippen molar-refractivity contribution in [3.63, 3.8) is 0 Å². The van der Waals surface area contributed by atoms with Crippen molar-refractivity contribution in [3.8, 4) is 0 Å². The first kappa shape index (κ1) is 15.5. The van der Waals surface area contributed by atoms with Crippen molar-refractivity contribution in [1.82, 2.24) is 0 Å². The van der Waals surface area contributed by atoms with Gasteiger partial charge < -0.3 is 9.84 Å². The van der Waals surface area contributed by atoms with E-state index < -0.39 is 11.4 Å². The molecule has 1 aromatic carbocycles. The summed E-state index contributed by atoms with van der Waals surface area (Å²) in [6, 6.07) is 9.60. The highest BCUT2D eigenvalue weighted by Crippen LogP contribution is 2.42. The highest BCUT2D eigenvalue weighted by molar-refractivity contribution is 5.78. The number of carboxylic acids is 1. The third kappa shape index (κ3) is 3.63. The van der Waals surface area contributed by atoms with Crippen molar-refractivity contribution in [3.05, 3.63) is 35.9 Å². The molecule has 4 heteroatoms. The second-order valence-electron chi connectivity index (χ2n) is 5.81. The number of hydrogen-bond donors (Lipinski definition) is 1. The van der Waals surface area contributed by atoms with Crippen molar-refractivity contribution in [2.75, 3.05) is 0 Å². The summed E-state index contributed by atoms with van der Waals surface area (Å²) in [4.78, 5) is 23.4. The fourth-order valence-corrected chi connectivity index (χ4v) is 3.00. The average Bonchev–Trinajstić information content (AvgIpc) is 2.53. The van der Waals surface area contributed by atoms with Gasteiger partial charge in [0.1, 0.15) is 6.61 Å². The summed E-state index contributed by atoms with van der Waals surface area (Å²) in [5, 5.41) is 9.06. The predicted octanol–water partition coefficient (Wildman–Crippen LogP) is 3.40. The minimum absolute atomic E-state index is 0.183. The van der Waals surface area contributed by atoms with Crippen LogP contribution < -0.4 is 0 Å². The molecule has 0 spiro atoms. The number of carbonyl (C=O) groups excluding carboxylic acids is 1. The van der Waals surface area contributed by atoms with E-state index >= 15 is 0 Å². The first-order chi connectivity index (χ1) is 10.1. The van der Waals surface area contributed by atoms with Crippen LogP contribution >= 0.6 is 0 Å². The zero-order chi connectivity index (χ0) is 15.3. The molecule has 0 aliphatic heterocycles. The monoisotopic (exact) mass is 290 g/mol. The summed E-state index contributed by atoms with van der Waals surface area (Å²) < 4.78 is 5.47. The third-order valence-corrected chi connectivity index (χ3v) is 4.61. The molecular formula is C17H22O4. The maximum Gasteiger partial charge on any atom is 0.312 e. The molecule has 114 valence electrons. The Labute approximate surface area is 125 Å². The summed E-state index contributed by atoms with van der Waals surface area (Å²) >= 11 is 0. The molecule has 1 aliphatic carbocycles. The van der Waals surface area contributed by atoms with Crippen molar-refractivity contribution < 1.29 is 19.4 Å². The molecule has 2 rings (SSSR count). The van der Waals surface area contributed by atoms with Crippen molar-refractivity contribution in [2.45, 2.75) is 45.6 Å². The smallest absolute Gasteiger partial charge is 0.312 e. The Morgan fingerprint density at radius 2 is 1.86 bits per heavy atom. The third-order valence-electron chi connectivity index (χ3n) is 4.61. The van der Waals surface area contributed by atoms with Crippen LogP contribution in [0.25, 0.3) is 0 Å². The number of carbonyl (C=O) groups is 2. The molecule has 0 radical (unpaired) electrons. The van der Waals surface area contributed by atoms with Crippen LogP contribution in [-0.4, -0.2) is 17.0 Å². The Morgan fingerprint density at radius 1 is 1.24 bits per heavy atom. The normalized spacial score (nSPS) is 25.3. The van der Waals surface area contributed by atoms with Crippen LogP contribution in [0.15, 0.2) is 30.3 Å². The van der Waals surface area contributed by atoms with E-state index in [4.69, 9.17) is 9.84 Å². The van der Waals surface area contributed by atoms with Crippen LogP contribution in [0.5, 0.6) is 0 Å². The maximum atomic E-state index is 12.4. The molecule has 1 aliphatic rings. The lowest BCUT2D eigenvalue weighted by atomic mass is 9.69. The Morgan fingerprint density at radius 3 is 2.38 bits per heavy atom. The lowest BCUT2D eigenvalue weighted by molar-refractivity contribution is -0.162. The lowest BCUT2D eigenvalue weighted by Gasteiger charge is -2.36. The van der Waals surface area contributed by atoms with Crippen LogP contribution in [0.2, 0.25) is 0 Å². The van der Waals surface area contributed by atoms with Crippen LogP contribution in [-0.2, 0) is 20.9 Å². The van der Waals surface area contributed by atoms with Crippen LogP contribution in [0.4, 0.5) is 0 Å². The number of benzene rings is 1. The highest BCUT2D eigenvalue weighted by Gasteiger charge is 2.43. The predicted molar refractivity (Wildman–Crippen MR) is 78.6 cm³/mol. The number of carboxylic acid groups (broad SMARTS) is 1. The molecule has 21 heavy (non-hydrogen) atoms. The summed E-state index contributed by atoms with van der Waals surface area (Å²) in [5.74, 6) is -1.25. The lowest BCUT2D eigenvalue weighted by Crippen LogP contribution is -2.37. The number of aliphatic carboxylic acids is 1. The Balaban J connectivity index is 1.94. The standard InChI is InChI=1S/C17H22O4/c1-2-17(10-8-14(9-11-17)15(18)19)16(20)21-12-13-6-4-3-5-7-13/h3-7,14H,2,8-12H2,1H3,(H,18,19). The molecule has 0 heterocycles. The minimum Gasteiger partial charge on any atom is -0.481 e. The molecular weight excluding hydrogens is 268 g/mol. The van der Waals surface area contributed by atoms with E-state index in [1.807, 2.05) is 37.3 Å². The van der Waals surface area contributed by atoms with E-state index in [0.29, 0.717) is 32.1 Å².